The molecule has 0 radical (unpaired) electrons. The number of hydrogen-bond acceptors (Lipinski definition) is 4. The van der Waals surface area contributed by atoms with Gasteiger partial charge in [0.15, 0.2) is 0 Å². The summed E-state index contributed by atoms with van der Waals surface area (Å²) in [6, 6.07) is 1.47. The van der Waals surface area contributed by atoms with Gasteiger partial charge in [-0.05, 0) is 26.2 Å². The van der Waals surface area contributed by atoms with E-state index in [1.165, 1.54) is 20.0 Å². The molecule has 0 aromatic heterocycles. The summed E-state index contributed by atoms with van der Waals surface area (Å²) in [7, 11) is 1.35. The molecule has 114 valence electrons. The molecule has 1 amide bonds. The number of nitrogens with zero attached hydrogens (tertiary/aromatic N) is 1. The third-order valence-electron chi connectivity index (χ3n) is 4.40. The molecule has 0 bridgehead atoms. The zero-order valence-corrected chi connectivity index (χ0v) is 12.9. The van der Waals surface area contributed by atoms with Gasteiger partial charge in [0.05, 0.1) is 18.9 Å². The van der Waals surface area contributed by atoms with Crippen LogP contribution in [0.5, 0.6) is 0 Å². The lowest BCUT2D eigenvalue weighted by Crippen LogP contribution is -2.45. The number of ether oxygens (including phenoxy) is 1. The van der Waals surface area contributed by atoms with Gasteiger partial charge in [-0.1, -0.05) is 13.8 Å². The molecule has 5 heteroatoms. The molecule has 2 aliphatic rings. The van der Waals surface area contributed by atoms with Crippen molar-refractivity contribution >= 4 is 11.9 Å². The summed E-state index contributed by atoms with van der Waals surface area (Å²) >= 11 is 0. The highest BCUT2D eigenvalue weighted by molar-refractivity contribution is 5.86. The van der Waals surface area contributed by atoms with Crippen LogP contribution in [0.15, 0.2) is 0 Å². The van der Waals surface area contributed by atoms with E-state index in [-0.39, 0.29) is 24.3 Å². The van der Waals surface area contributed by atoms with E-state index in [0.29, 0.717) is 6.04 Å². The Hall–Kier alpha value is -1.10. The van der Waals surface area contributed by atoms with E-state index in [4.69, 9.17) is 0 Å². The molecule has 2 rings (SSSR count). The summed E-state index contributed by atoms with van der Waals surface area (Å²) in [5, 5.41) is 3.10. The van der Waals surface area contributed by atoms with Crippen molar-refractivity contribution in [1.29, 1.82) is 0 Å². The Balaban J connectivity index is 1.86. The number of carbonyl (C=O) groups is 2. The molecule has 1 heterocycles. The number of nitrogens with one attached hydrogen (secondary N) is 1. The zero-order chi connectivity index (χ0) is 14.9. The van der Waals surface area contributed by atoms with E-state index < -0.39 is 5.41 Å². The minimum Gasteiger partial charge on any atom is -0.469 e. The van der Waals surface area contributed by atoms with E-state index >= 15 is 0 Å². The van der Waals surface area contributed by atoms with Crippen LogP contribution in [0.3, 0.4) is 0 Å². The molecule has 1 aliphatic carbocycles. The average Bonchev–Trinajstić information content (AvgIpc) is 3.13. The number of carbonyl (C=O) groups excluding carboxylic acids is 2. The largest absolute Gasteiger partial charge is 0.469 e. The fourth-order valence-electron chi connectivity index (χ4n) is 2.97. The lowest BCUT2D eigenvalue weighted by molar-refractivity contribution is -0.147. The van der Waals surface area contributed by atoms with E-state index in [9.17, 15) is 9.59 Å². The molecule has 5 nitrogen and oxygen atoms in total. The molecule has 0 unspecified atom stereocenters. The molecular formula is C15H26N2O3. The maximum atomic E-state index is 12.3. The SMILES string of the molecule is COC(=O)CC(C)(C)C(=O)N[C@H]1C[C@H](C)N(C2CC2)C1. The molecule has 2 atom stereocenters. The highest BCUT2D eigenvalue weighted by Crippen LogP contribution is 2.33. The maximum Gasteiger partial charge on any atom is 0.306 e. The molecule has 1 saturated carbocycles. The van der Waals surface area contributed by atoms with Gasteiger partial charge in [0, 0.05) is 24.7 Å². The van der Waals surface area contributed by atoms with Crippen LogP contribution in [0.25, 0.3) is 0 Å². The van der Waals surface area contributed by atoms with Gasteiger partial charge in [-0.15, -0.1) is 0 Å². The molecule has 1 N–H and O–H groups in total. The van der Waals surface area contributed by atoms with Crippen molar-refractivity contribution in [3.8, 4) is 0 Å². The van der Waals surface area contributed by atoms with Crippen molar-refractivity contribution in [1.82, 2.24) is 10.2 Å². The molecular weight excluding hydrogens is 256 g/mol. The van der Waals surface area contributed by atoms with Crippen LogP contribution in [0.2, 0.25) is 0 Å². The molecule has 0 aromatic carbocycles. The first-order valence-electron chi connectivity index (χ1n) is 7.47. The summed E-state index contributed by atoms with van der Waals surface area (Å²) in [5.74, 6) is -0.401. The second-order valence-corrected chi connectivity index (χ2v) is 6.82. The van der Waals surface area contributed by atoms with Crippen LogP contribution in [-0.4, -0.2) is 48.6 Å². The number of rotatable bonds is 5. The third-order valence-corrected chi connectivity index (χ3v) is 4.40. The first-order chi connectivity index (χ1) is 9.33. The second-order valence-electron chi connectivity index (χ2n) is 6.82. The lowest BCUT2D eigenvalue weighted by atomic mass is 9.88. The Labute approximate surface area is 121 Å². The van der Waals surface area contributed by atoms with Gasteiger partial charge in [0.1, 0.15) is 0 Å². The van der Waals surface area contributed by atoms with E-state index in [0.717, 1.165) is 19.0 Å². The number of amides is 1. The Morgan fingerprint density at radius 1 is 1.35 bits per heavy atom. The summed E-state index contributed by atoms with van der Waals surface area (Å²) < 4.78 is 4.65. The first-order valence-corrected chi connectivity index (χ1v) is 7.47. The Morgan fingerprint density at radius 2 is 2.00 bits per heavy atom. The van der Waals surface area contributed by atoms with Crippen molar-refractivity contribution in [3.63, 3.8) is 0 Å². The van der Waals surface area contributed by atoms with Crippen LogP contribution in [0.1, 0.15) is 46.5 Å². The normalized spacial score (nSPS) is 27.4. The molecule has 1 saturated heterocycles. The second kappa shape index (κ2) is 5.72. The highest BCUT2D eigenvalue weighted by Gasteiger charge is 2.40. The number of hydrogen-bond donors (Lipinski definition) is 1. The molecule has 20 heavy (non-hydrogen) atoms. The number of esters is 1. The fourth-order valence-corrected chi connectivity index (χ4v) is 2.97. The zero-order valence-electron chi connectivity index (χ0n) is 12.9. The lowest BCUT2D eigenvalue weighted by Gasteiger charge is -2.25. The standard InChI is InChI=1S/C15H26N2O3/c1-10-7-11(9-17(10)12-5-6-12)16-14(19)15(2,3)8-13(18)20-4/h10-12H,5-9H2,1-4H3,(H,16,19)/t10-,11-/m0/s1. The monoisotopic (exact) mass is 282 g/mol. The van der Waals surface area contributed by atoms with Gasteiger partial charge in [0.2, 0.25) is 5.91 Å². The van der Waals surface area contributed by atoms with Crippen molar-refractivity contribution < 1.29 is 14.3 Å². The first kappa shape index (κ1) is 15.3. The summed E-state index contributed by atoms with van der Waals surface area (Å²) in [6.07, 6.45) is 3.69. The Bertz CT molecular complexity index is 391. The van der Waals surface area contributed by atoms with Crippen molar-refractivity contribution in [3.05, 3.63) is 0 Å². The third kappa shape index (κ3) is 3.51. The molecule has 0 aromatic rings. The maximum absolute atomic E-state index is 12.3. The topological polar surface area (TPSA) is 58.6 Å². The van der Waals surface area contributed by atoms with Crippen molar-refractivity contribution in [2.24, 2.45) is 5.41 Å². The van der Waals surface area contributed by atoms with E-state index in [1.54, 1.807) is 13.8 Å². The van der Waals surface area contributed by atoms with Gasteiger partial charge < -0.3 is 10.1 Å². The Morgan fingerprint density at radius 3 is 2.55 bits per heavy atom. The van der Waals surface area contributed by atoms with Crippen molar-refractivity contribution in [2.75, 3.05) is 13.7 Å². The van der Waals surface area contributed by atoms with Crippen LogP contribution in [0.4, 0.5) is 0 Å². The minimum absolute atomic E-state index is 0.0576. The van der Waals surface area contributed by atoms with Gasteiger partial charge in [-0.25, -0.2) is 0 Å². The van der Waals surface area contributed by atoms with Gasteiger partial charge in [-0.3, -0.25) is 14.5 Å². The van der Waals surface area contributed by atoms with Gasteiger partial charge >= 0.3 is 5.97 Å². The smallest absolute Gasteiger partial charge is 0.306 e. The van der Waals surface area contributed by atoms with Crippen LogP contribution >= 0.6 is 0 Å². The van der Waals surface area contributed by atoms with Crippen molar-refractivity contribution in [2.45, 2.75) is 64.6 Å². The molecule has 0 spiro atoms. The molecule has 1 aliphatic heterocycles. The van der Waals surface area contributed by atoms with E-state index in [2.05, 4.69) is 21.9 Å². The number of methoxy groups -OCH3 is 1. The van der Waals surface area contributed by atoms with E-state index in [1.807, 2.05) is 0 Å². The summed E-state index contributed by atoms with van der Waals surface area (Å²) in [6.45, 7) is 6.74. The summed E-state index contributed by atoms with van der Waals surface area (Å²) in [5.41, 5.74) is -0.719. The van der Waals surface area contributed by atoms with Crippen LogP contribution in [0, 0.1) is 5.41 Å². The minimum atomic E-state index is -0.719. The predicted molar refractivity (Wildman–Crippen MR) is 76.2 cm³/mol. The van der Waals surface area contributed by atoms with Gasteiger partial charge in [0.25, 0.3) is 0 Å². The number of likely N-dealkylation sites (tertiary alicyclic amines) is 1. The molecule has 2 fully saturated rings. The fraction of sp³-hybridized carbons (Fsp3) is 0.867. The average molecular weight is 282 g/mol. The summed E-state index contributed by atoms with van der Waals surface area (Å²) in [4.78, 5) is 26.2. The van der Waals surface area contributed by atoms with Crippen LogP contribution < -0.4 is 5.32 Å². The van der Waals surface area contributed by atoms with Gasteiger partial charge in [-0.2, -0.15) is 0 Å². The Kier molecular flexibility index (Phi) is 4.37. The van der Waals surface area contributed by atoms with Crippen LogP contribution in [-0.2, 0) is 14.3 Å². The highest BCUT2D eigenvalue weighted by atomic mass is 16.5. The quantitative estimate of drug-likeness (QED) is 0.773. The predicted octanol–water partition coefficient (Wildman–Crippen LogP) is 1.32.